The van der Waals surface area contributed by atoms with Crippen LogP contribution in [-0.4, -0.2) is 22.7 Å². The molecular formula is C10H18OS. The van der Waals surface area contributed by atoms with Gasteiger partial charge >= 0.3 is 0 Å². The maximum atomic E-state index is 9.42. The summed E-state index contributed by atoms with van der Waals surface area (Å²) in [7, 11) is 0. The number of terminal acetylenes is 1. The van der Waals surface area contributed by atoms with E-state index in [1.54, 1.807) is 0 Å². The van der Waals surface area contributed by atoms with E-state index in [-0.39, 0.29) is 6.10 Å². The Labute approximate surface area is 79.9 Å². The molecule has 1 N–H and O–H groups in total. The molecule has 2 heteroatoms. The third kappa shape index (κ3) is 7.97. The van der Waals surface area contributed by atoms with Crippen LogP contribution >= 0.6 is 11.8 Å². The van der Waals surface area contributed by atoms with Gasteiger partial charge in [0.25, 0.3) is 0 Å². The standard InChI is InChI=1S/C10H18OS/c1-3-5-6-7-10(11)8-9-12-4-2/h1,10-11H,4-9H2,2H3. The van der Waals surface area contributed by atoms with E-state index in [0.29, 0.717) is 0 Å². The van der Waals surface area contributed by atoms with E-state index < -0.39 is 0 Å². The van der Waals surface area contributed by atoms with Crippen LogP contribution < -0.4 is 0 Å². The summed E-state index contributed by atoms with van der Waals surface area (Å²) in [5.41, 5.74) is 0. The molecule has 0 saturated carbocycles. The smallest absolute Gasteiger partial charge is 0.0548 e. The molecule has 0 bridgehead atoms. The van der Waals surface area contributed by atoms with Gasteiger partial charge in [-0.25, -0.2) is 0 Å². The maximum absolute atomic E-state index is 9.42. The van der Waals surface area contributed by atoms with E-state index in [4.69, 9.17) is 6.42 Å². The Kier molecular flexibility index (Phi) is 8.86. The summed E-state index contributed by atoms with van der Waals surface area (Å²) >= 11 is 1.88. The summed E-state index contributed by atoms with van der Waals surface area (Å²) in [4.78, 5) is 0. The first-order valence-corrected chi connectivity index (χ1v) is 5.66. The zero-order valence-corrected chi connectivity index (χ0v) is 8.57. The second kappa shape index (κ2) is 8.96. The van der Waals surface area contributed by atoms with Crippen molar-refractivity contribution >= 4 is 11.8 Å². The highest BCUT2D eigenvalue weighted by Crippen LogP contribution is 2.08. The summed E-state index contributed by atoms with van der Waals surface area (Å²) in [6.45, 7) is 2.13. The third-order valence-electron chi connectivity index (χ3n) is 1.66. The van der Waals surface area contributed by atoms with Gasteiger partial charge in [-0.05, 0) is 30.8 Å². The molecule has 0 spiro atoms. The summed E-state index contributed by atoms with van der Waals surface area (Å²) in [5, 5.41) is 9.42. The number of rotatable bonds is 7. The van der Waals surface area contributed by atoms with Crippen LogP contribution in [0.3, 0.4) is 0 Å². The first-order chi connectivity index (χ1) is 5.81. The van der Waals surface area contributed by atoms with Crippen LogP contribution in [0.1, 0.15) is 32.6 Å². The van der Waals surface area contributed by atoms with E-state index in [1.165, 1.54) is 0 Å². The molecule has 0 aliphatic carbocycles. The van der Waals surface area contributed by atoms with Crippen LogP contribution in [0.2, 0.25) is 0 Å². The quantitative estimate of drug-likeness (QED) is 0.486. The van der Waals surface area contributed by atoms with Gasteiger partial charge in [0, 0.05) is 6.42 Å². The number of hydrogen-bond donors (Lipinski definition) is 1. The molecular weight excluding hydrogens is 168 g/mol. The maximum Gasteiger partial charge on any atom is 0.0548 e. The predicted octanol–water partition coefficient (Wildman–Crippen LogP) is 2.29. The lowest BCUT2D eigenvalue weighted by molar-refractivity contribution is 0.159. The number of aliphatic hydroxyl groups excluding tert-OH is 1. The van der Waals surface area contributed by atoms with Gasteiger partial charge in [0.1, 0.15) is 0 Å². The first-order valence-electron chi connectivity index (χ1n) is 4.50. The molecule has 0 aliphatic heterocycles. The van der Waals surface area contributed by atoms with E-state index in [1.807, 2.05) is 11.8 Å². The highest BCUT2D eigenvalue weighted by molar-refractivity contribution is 7.99. The Bertz CT molecular complexity index is 128. The molecule has 0 aliphatic rings. The van der Waals surface area contributed by atoms with Gasteiger partial charge in [-0.3, -0.25) is 0 Å². The number of aliphatic hydroxyl groups is 1. The molecule has 0 aromatic rings. The van der Waals surface area contributed by atoms with Crippen LogP contribution in [0, 0.1) is 12.3 Å². The van der Waals surface area contributed by atoms with Crippen molar-refractivity contribution in [1.29, 1.82) is 0 Å². The van der Waals surface area contributed by atoms with Crippen LogP contribution in [-0.2, 0) is 0 Å². The first kappa shape index (κ1) is 11.9. The second-order valence-corrected chi connectivity index (χ2v) is 4.13. The van der Waals surface area contributed by atoms with Crippen molar-refractivity contribution in [1.82, 2.24) is 0 Å². The lowest BCUT2D eigenvalue weighted by Gasteiger charge is -2.07. The monoisotopic (exact) mass is 186 g/mol. The van der Waals surface area contributed by atoms with Crippen LogP contribution in [0.5, 0.6) is 0 Å². The van der Waals surface area contributed by atoms with Gasteiger partial charge < -0.3 is 5.11 Å². The van der Waals surface area contributed by atoms with E-state index in [9.17, 15) is 5.11 Å². The highest BCUT2D eigenvalue weighted by Gasteiger charge is 2.02. The fourth-order valence-corrected chi connectivity index (χ4v) is 1.68. The highest BCUT2D eigenvalue weighted by atomic mass is 32.2. The average Bonchev–Trinajstić information content (AvgIpc) is 2.06. The number of thioether (sulfide) groups is 1. The van der Waals surface area contributed by atoms with Crippen molar-refractivity contribution in [3.05, 3.63) is 0 Å². The van der Waals surface area contributed by atoms with Gasteiger partial charge in [-0.2, -0.15) is 11.8 Å². The molecule has 0 heterocycles. The zero-order valence-electron chi connectivity index (χ0n) is 7.75. The minimum atomic E-state index is -0.141. The summed E-state index contributed by atoms with van der Waals surface area (Å²) in [5.74, 6) is 4.77. The van der Waals surface area contributed by atoms with Gasteiger partial charge in [0.2, 0.25) is 0 Å². The van der Waals surface area contributed by atoms with Crippen molar-refractivity contribution in [3.8, 4) is 12.3 Å². The normalized spacial score (nSPS) is 12.4. The summed E-state index contributed by atoms with van der Waals surface area (Å²) in [6, 6.07) is 0. The van der Waals surface area contributed by atoms with Crippen molar-refractivity contribution < 1.29 is 5.11 Å². The van der Waals surface area contributed by atoms with E-state index in [2.05, 4.69) is 12.8 Å². The Morgan fingerprint density at radius 3 is 2.83 bits per heavy atom. The molecule has 0 saturated heterocycles. The Morgan fingerprint density at radius 2 is 2.25 bits per heavy atom. The Hall–Kier alpha value is -0.130. The van der Waals surface area contributed by atoms with Crippen molar-refractivity contribution in [2.24, 2.45) is 0 Å². The van der Waals surface area contributed by atoms with E-state index >= 15 is 0 Å². The topological polar surface area (TPSA) is 20.2 Å². The largest absolute Gasteiger partial charge is 0.393 e. The summed E-state index contributed by atoms with van der Waals surface area (Å²) < 4.78 is 0. The van der Waals surface area contributed by atoms with Gasteiger partial charge in [0.15, 0.2) is 0 Å². The SMILES string of the molecule is C#CCCCC(O)CCSCC. The van der Waals surface area contributed by atoms with Crippen LogP contribution in [0.25, 0.3) is 0 Å². The fraction of sp³-hybridized carbons (Fsp3) is 0.800. The predicted molar refractivity (Wildman–Crippen MR) is 56.3 cm³/mol. The molecule has 0 aromatic heterocycles. The molecule has 12 heavy (non-hydrogen) atoms. The van der Waals surface area contributed by atoms with Gasteiger partial charge in [0.05, 0.1) is 6.10 Å². The van der Waals surface area contributed by atoms with Crippen LogP contribution in [0.4, 0.5) is 0 Å². The van der Waals surface area contributed by atoms with Crippen molar-refractivity contribution in [2.75, 3.05) is 11.5 Å². The molecule has 1 unspecified atom stereocenters. The minimum absolute atomic E-state index is 0.141. The van der Waals surface area contributed by atoms with E-state index in [0.717, 1.165) is 37.2 Å². The summed E-state index contributed by atoms with van der Waals surface area (Å²) in [6.07, 6.45) is 8.46. The molecule has 0 rings (SSSR count). The lowest BCUT2D eigenvalue weighted by Crippen LogP contribution is -2.07. The number of hydrogen-bond acceptors (Lipinski definition) is 2. The number of unbranched alkanes of at least 4 members (excludes halogenated alkanes) is 1. The molecule has 1 atom stereocenters. The molecule has 0 radical (unpaired) electrons. The Morgan fingerprint density at radius 1 is 1.50 bits per heavy atom. The molecule has 1 nitrogen and oxygen atoms in total. The molecule has 70 valence electrons. The fourth-order valence-electron chi connectivity index (χ4n) is 0.948. The zero-order chi connectivity index (χ0) is 9.23. The molecule has 0 amide bonds. The van der Waals surface area contributed by atoms with Gasteiger partial charge in [-0.1, -0.05) is 6.92 Å². The molecule has 0 aromatic carbocycles. The lowest BCUT2D eigenvalue weighted by atomic mass is 10.1. The average molecular weight is 186 g/mol. The second-order valence-electron chi connectivity index (χ2n) is 2.74. The minimum Gasteiger partial charge on any atom is -0.393 e. The third-order valence-corrected chi connectivity index (χ3v) is 2.59. The molecule has 0 fully saturated rings. The van der Waals surface area contributed by atoms with Crippen LogP contribution in [0.15, 0.2) is 0 Å². The van der Waals surface area contributed by atoms with Crippen molar-refractivity contribution in [2.45, 2.75) is 38.7 Å². The Balaban J connectivity index is 3.11. The van der Waals surface area contributed by atoms with Crippen molar-refractivity contribution in [3.63, 3.8) is 0 Å². The van der Waals surface area contributed by atoms with Gasteiger partial charge in [-0.15, -0.1) is 12.3 Å².